The number of alkyl halides is 2. The molecule has 0 aliphatic heterocycles. The topological polar surface area (TPSA) is 73.0 Å². The lowest BCUT2D eigenvalue weighted by atomic mass is 10.1. The van der Waals surface area contributed by atoms with Crippen LogP contribution in [-0.4, -0.2) is 27.0 Å². The minimum atomic E-state index is -2.74. The highest BCUT2D eigenvalue weighted by Crippen LogP contribution is 2.27. The van der Waals surface area contributed by atoms with E-state index in [1.807, 2.05) is 0 Å². The van der Waals surface area contributed by atoms with Gasteiger partial charge in [-0.3, -0.25) is 9.36 Å². The van der Waals surface area contributed by atoms with Crippen molar-refractivity contribution in [2.24, 2.45) is 0 Å². The Kier molecular flexibility index (Phi) is 5.73. The summed E-state index contributed by atoms with van der Waals surface area (Å²) in [7, 11) is 0. The van der Waals surface area contributed by atoms with Gasteiger partial charge in [-0.25, -0.2) is 9.97 Å². The van der Waals surface area contributed by atoms with Crippen molar-refractivity contribution in [1.29, 1.82) is 0 Å². The monoisotopic (exact) mass is 444 g/mol. The maximum atomic E-state index is 13.7. The second-order valence-corrected chi connectivity index (χ2v) is 7.58. The Morgan fingerprint density at radius 3 is 2.58 bits per heavy atom. The van der Waals surface area contributed by atoms with Crippen LogP contribution in [0, 0.1) is 6.92 Å². The molecular formula is C22H19ClF2N4O2. The van der Waals surface area contributed by atoms with Crippen molar-refractivity contribution in [3.05, 3.63) is 70.8 Å². The molecule has 1 atom stereocenters. The highest BCUT2D eigenvalue weighted by Gasteiger charge is 2.23. The van der Waals surface area contributed by atoms with Crippen LogP contribution in [0.2, 0.25) is 5.02 Å². The molecule has 0 radical (unpaired) electrons. The highest BCUT2D eigenvalue weighted by atomic mass is 35.5. The minimum Gasteiger partial charge on any atom is -0.441 e. The van der Waals surface area contributed by atoms with Gasteiger partial charge in [0, 0.05) is 23.0 Å². The van der Waals surface area contributed by atoms with E-state index in [1.165, 1.54) is 0 Å². The fraction of sp³-hybridized carbons (Fsp3) is 0.227. The Morgan fingerprint density at radius 1 is 1.16 bits per heavy atom. The second-order valence-electron chi connectivity index (χ2n) is 7.15. The number of oxazole rings is 1. The first kappa shape index (κ1) is 21.0. The number of halogens is 3. The smallest absolute Gasteiger partial charge is 0.320 e. The van der Waals surface area contributed by atoms with Gasteiger partial charge >= 0.3 is 6.55 Å². The van der Waals surface area contributed by atoms with Gasteiger partial charge in [0.05, 0.1) is 11.0 Å². The van der Waals surface area contributed by atoms with Crippen molar-refractivity contribution >= 4 is 28.5 Å². The molecule has 0 aliphatic carbocycles. The molecular weight excluding hydrogens is 426 g/mol. The highest BCUT2D eigenvalue weighted by molar-refractivity contribution is 6.30. The summed E-state index contributed by atoms with van der Waals surface area (Å²) in [5, 5.41) is 3.32. The number of hydrogen-bond donors (Lipinski definition) is 1. The van der Waals surface area contributed by atoms with E-state index in [0.29, 0.717) is 33.3 Å². The summed E-state index contributed by atoms with van der Waals surface area (Å²) in [6.07, 6.45) is 0. The molecule has 160 valence electrons. The summed E-state index contributed by atoms with van der Waals surface area (Å²) >= 11 is 5.89. The standard InChI is InChI=1S/C22H19ClF2N4O2/c1-12(19-27-16-5-3-4-6-17(16)29(19)22(24)25)11-26-20(30)18-13(2)31-21(28-18)14-7-9-15(23)10-8-14/h3-10,12,22H,11H2,1-2H3,(H,26,30)/t12-/m0/s1. The molecule has 0 bridgehead atoms. The van der Waals surface area contributed by atoms with E-state index >= 15 is 0 Å². The SMILES string of the molecule is Cc1oc(-c2ccc(Cl)cc2)nc1C(=O)NC[C@H](C)c1nc2ccccc2n1C(F)F. The molecule has 1 amide bonds. The first-order valence-corrected chi connectivity index (χ1v) is 9.99. The largest absolute Gasteiger partial charge is 0.441 e. The Morgan fingerprint density at radius 2 is 1.87 bits per heavy atom. The van der Waals surface area contributed by atoms with E-state index in [4.69, 9.17) is 16.0 Å². The Hall–Kier alpha value is -3.26. The van der Waals surface area contributed by atoms with E-state index < -0.39 is 18.4 Å². The maximum absolute atomic E-state index is 13.7. The number of carbonyl (C=O) groups excluding carboxylic acids is 1. The van der Waals surface area contributed by atoms with Crippen molar-refractivity contribution in [3.8, 4) is 11.5 Å². The molecule has 0 saturated carbocycles. The normalized spacial score (nSPS) is 12.5. The third-order valence-corrected chi connectivity index (χ3v) is 5.18. The third kappa shape index (κ3) is 4.16. The van der Waals surface area contributed by atoms with Crippen LogP contribution in [0.15, 0.2) is 52.9 Å². The van der Waals surface area contributed by atoms with E-state index in [2.05, 4.69) is 15.3 Å². The lowest BCUT2D eigenvalue weighted by molar-refractivity contribution is 0.0703. The molecule has 0 saturated heterocycles. The number of hydrogen-bond acceptors (Lipinski definition) is 4. The van der Waals surface area contributed by atoms with Gasteiger partial charge in [0.25, 0.3) is 5.91 Å². The Bertz CT molecular complexity index is 1230. The van der Waals surface area contributed by atoms with Gasteiger partial charge in [-0.1, -0.05) is 30.7 Å². The number of rotatable bonds is 6. The molecule has 6 nitrogen and oxygen atoms in total. The summed E-state index contributed by atoms with van der Waals surface area (Å²) in [6, 6.07) is 13.6. The van der Waals surface area contributed by atoms with Crippen LogP contribution >= 0.6 is 11.6 Å². The lowest BCUT2D eigenvalue weighted by Gasteiger charge is -2.14. The van der Waals surface area contributed by atoms with Crippen LogP contribution in [0.3, 0.4) is 0 Å². The number of amides is 1. The third-order valence-electron chi connectivity index (χ3n) is 4.93. The molecule has 2 aromatic carbocycles. The number of aromatic nitrogens is 3. The Labute approximate surface area is 181 Å². The van der Waals surface area contributed by atoms with Crippen molar-refractivity contribution < 1.29 is 18.0 Å². The number of para-hydroxylation sites is 2. The molecule has 31 heavy (non-hydrogen) atoms. The van der Waals surface area contributed by atoms with Crippen LogP contribution in [-0.2, 0) is 0 Å². The summed E-state index contributed by atoms with van der Waals surface area (Å²) < 4.78 is 33.8. The second kappa shape index (κ2) is 8.47. The van der Waals surface area contributed by atoms with Crippen molar-refractivity contribution in [2.45, 2.75) is 26.3 Å². The van der Waals surface area contributed by atoms with Gasteiger partial charge in [-0.15, -0.1) is 0 Å². The van der Waals surface area contributed by atoms with Crippen molar-refractivity contribution in [3.63, 3.8) is 0 Å². The van der Waals surface area contributed by atoms with E-state index in [1.54, 1.807) is 62.4 Å². The number of fused-ring (bicyclic) bond motifs is 1. The Balaban J connectivity index is 1.51. The van der Waals surface area contributed by atoms with Gasteiger partial charge in [0.15, 0.2) is 5.69 Å². The number of carbonyl (C=O) groups is 1. The first-order valence-electron chi connectivity index (χ1n) is 9.61. The van der Waals surface area contributed by atoms with Crippen molar-refractivity contribution in [1.82, 2.24) is 19.9 Å². The molecule has 4 rings (SSSR count). The minimum absolute atomic E-state index is 0.109. The van der Waals surface area contributed by atoms with E-state index in [0.717, 1.165) is 4.57 Å². The predicted molar refractivity (Wildman–Crippen MR) is 113 cm³/mol. The summed E-state index contributed by atoms with van der Waals surface area (Å²) in [5.41, 5.74) is 1.66. The fourth-order valence-electron chi connectivity index (χ4n) is 3.36. The predicted octanol–water partition coefficient (Wildman–Crippen LogP) is 5.58. The number of imidazole rings is 1. The zero-order valence-electron chi connectivity index (χ0n) is 16.8. The van der Waals surface area contributed by atoms with Crippen LogP contribution in [0.25, 0.3) is 22.5 Å². The average molecular weight is 445 g/mol. The van der Waals surface area contributed by atoms with Crippen LogP contribution in [0.1, 0.15) is 41.5 Å². The van der Waals surface area contributed by atoms with Gasteiger partial charge in [0.1, 0.15) is 11.6 Å². The summed E-state index contributed by atoms with van der Waals surface area (Å²) in [5.74, 6) is -0.0432. The van der Waals surface area contributed by atoms with Crippen molar-refractivity contribution in [2.75, 3.05) is 6.54 Å². The molecule has 2 heterocycles. The summed E-state index contributed by atoms with van der Waals surface area (Å²) in [6.45, 7) is 0.744. The van der Waals surface area contributed by atoms with Crippen LogP contribution in [0.4, 0.5) is 8.78 Å². The number of nitrogens with one attached hydrogen (secondary N) is 1. The lowest BCUT2D eigenvalue weighted by Crippen LogP contribution is -2.29. The molecule has 4 aromatic rings. The van der Waals surface area contributed by atoms with Crippen LogP contribution < -0.4 is 5.32 Å². The van der Waals surface area contributed by atoms with Gasteiger partial charge < -0.3 is 9.73 Å². The molecule has 1 N–H and O–H groups in total. The zero-order chi connectivity index (χ0) is 22.1. The maximum Gasteiger partial charge on any atom is 0.320 e. The molecule has 0 spiro atoms. The fourth-order valence-corrected chi connectivity index (χ4v) is 3.49. The van der Waals surface area contributed by atoms with Gasteiger partial charge in [-0.2, -0.15) is 8.78 Å². The average Bonchev–Trinajstić information content (AvgIpc) is 3.33. The van der Waals surface area contributed by atoms with E-state index in [-0.39, 0.29) is 18.1 Å². The number of aryl methyl sites for hydroxylation is 1. The zero-order valence-corrected chi connectivity index (χ0v) is 17.5. The number of nitrogens with zero attached hydrogens (tertiary/aromatic N) is 3. The van der Waals surface area contributed by atoms with Gasteiger partial charge in [0.2, 0.25) is 5.89 Å². The first-order chi connectivity index (χ1) is 14.8. The number of benzene rings is 2. The molecule has 2 aromatic heterocycles. The molecule has 9 heteroatoms. The van der Waals surface area contributed by atoms with Gasteiger partial charge in [-0.05, 0) is 43.3 Å². The summed E-state index contributed by atoms with van der Waals surface area (Å²) in [4.78, 5) is 21.3. The molecule has 0 aliphatic rings. The van der Waals surface area contributed by atoms with Crippen LogP contribution in [0.5, 0.6) is 0 Å². The quantitative estimate of drug-likeness (QED) is 0.421. The van der Waals surface area contributed by atoms with E-state index in [9.17, 15) is 13.6 Å². The molecule has 0 fully saturated rings. The molecule has 0 unspecified atom stereocenters.